The van der Waals surface area contributed by atoms with Crippen LogP contribution in [0.4, 0.5) is 22.7 Å². The van der Waals surface area contributed by atoms with Gasteiger partial charge in [0.25, 0.3) is 0 Å². The number of hydrogen-bond acceptors (Lipinski definition) is 4. The molecular weight excluding hydrogens is 913 g/mol. The molecule has 5 heterocycles. The number of aromatic nitrogens is 2. The number of nitrogens with zero attached hydrogens (tertiary/aromatic N) is 4. The summed E-state index contributed by atoms with van der Waals surface area (Å²) in [5, 5.41) is 9.27. The lowest BCUT2D eigenvalue weighted by molar-refractivity contribution is 0.483. The molecule has 0 saturated carbocycles. The number of hydrogen-bond donors (Lipinski definition) is 0. The van der Waals surface area contributed by atoms with E-state index in [0.717, 1.165) is 61.0 Å². The van der Waals surface area contributed by atoms with E-state index >= 15 is 0 Å². The molecule has 3 aromatic heterocycles. The van der Waals surface area contributed by atoms with Crippen molar-refractivity contribution < 1.29 is 4.74 Å². The Bertz CT molecular complexity index is 4470. The highest BCUT2D eigenvalue weighted by molar-refractivity contribution is 6.25. The monoisotopic (exact) mass is 962 g/mol. The van der Waals surface area contributed by atoms with E-state index in [-0.39, 0.29) is 5.41 Å². The van der Waals surface area contributed by atoms with Gasteiger partial charge in [0.05, 0.1) is 33.8 Å². The topological polar surface area (TPSA) is 33.0 Å². The summed E-state index contributed by atoms with van der Waals surface area (Å²) in [5.74, 6) is 1.51. The molecule has 356 valence electrons. The quantitative estimate of drug-likeness (QED) is 0.172. The molecule has 0 spiro atoms. The van der Waals surface area contributed by atoms with E-state index in [1.54, 1.807) is 0 Å². The van der Waals surface area contributed by atoms with Crippen molar-refractivity contribution in [2.75, 3.05) is 16.5 Å². The van der Waals surface area contributed by atoms with E-state index in [1.165, 1.54) is 83.1 Å². The second kappa shape index (κ2) is 16.5. The third-order valence-electron chi connectivity index (χ3n) is 15.7. The smallest absolute Gasteiger partial charge is 0.145 e. The molecule has 2 aliphatic heterocycles. The molecule has 0 radical (unpaired) electrons. The molecule has 10 aromatic carbocycles. The van der Waals surface area contributed by atoms with Gasteiger partial charge in [-0.05, 0) is 91.2 Å². The number of rotatable bonds is 5. The fourth-order valence-corrected chi connectivity index (χ4v) is 12.5. The maximum atomic E-state index is 7.17. The summed E-state index contributed by atoms with van der Waals surface area (Å²) < 4.78 is 9.54. The van der Waals surface area contributed by atoms with Crippen molar-refractivity contribution in [2.24, 2.45) is 0 Å². The van der Waals surface area contributed by atoms with Gasteiger partial charge in [0.2, 0.25) is 0 Å². The van der Waals surface area contributed by atoms with Crippen LogP contribution in [0.15, 0.2) is 237 Å². The Kier molecular flexibility index (Phi) is 9.52. The summed E-state index contributed by atoms with van der Waals surface area (Å²) in [4.78, 5) is 10.4. The molecule has 75 heavy (non-hydrogen) atoms. The standard InChI is InChI=1S/C70H50N4O/c1-70(2,3)62-39-38-60-54-27-14-12-25-52(54)56-36-34-46(41-63(56)72-43-73(68(62)67(60)72)65-48(44-19-6-4-7-20-44)29-16-30-49(65)45-21-8-5-9-22-45)75-47-35-37-57-59-32-17-31-58-53-26-13-10-23-50(53)51-24-11-15-28-55(51)61-33-18-40-71-69(61)74(66(58)59)64(57)42-47/h4-42H,43H2,1-3H3. The van der Waals surface area contributed by atoms with Crippen molar-refractivity contribution in [3.63, 3.8) is 0 Å². The molecule has 0 bridgehead atoms. The average molecular weight is 963 g/mol. The van der Waals surface area contributed by atoms with E-state index in [1.807, 2.05) is 6.20 Å². The van der Waals surface area contributed by atoms with Gasteiger partial charge in [-0.1, -0.05) is 203 Å². The van der Waals surface area contributed by atoms with E-state index in [9.17, 15) is 0 Å². The van der Waals surface area contributed by atoms with Gasteiger partial charge < -0.3 is 14.5 Å². The zero-order valence-corrected chi connectivity index (χ0v) is 41.9. The van der Waals surface area contributed by atoms with Crippen LogP contribution >= 0.6 is 0 Å². The summed E-state index contributed by atoms with van der Waals surface area (Å²) in [7, 11) is 0. The summed E-state index contributed by atoms with van der Waals surface area (Å²) in [6, 6.07) is 83.9. The lowest BCUT2D eigenvalue weighted by Gasteiger charge is -2.31. The normalized spacial score (nSPS) is 12.9. The summed E-state index contributed by atoms with van der Waals surface area (Å²) >= 11 is 0. The van der Waals surface area contributed by atoms with Crippen LogP contribution in [0.5, 0.6) is 11.5 Å². The van der Waals surface area contributed by atoms with Crippen LogP contribution < -0.4 is 14.5 Å². The molecule has 0 fully saturated rings. The number of fused-ring (bicyclic) bond motifs is 15. The Morgan fingerprint density at radius 1 is 0.387 bits per heavy atom. The molecule has 0 unspecified atom stereocenters. The van der Waals surface area contributed by atoms with Crippen LogP contribution in [0, 0.1) is 0 Å². The van der Waals surface area contributed by atoms with Gasteiger partial charge >= 0.3 is 0 Å². The maximum absolute atomic E-state index is 7.17. The Hall–Kier alpha value is -9.45. The minimum Gasteiger partial charge on any atom is -0.457 e. The number of anilines is 4. The Balaban J connectivity index is 0.950. The fourth-order valence-electron chi connectivity index (χ4n) is 12.5. The molecule has 5 heteroatoms. The zero-order chi connectivity index (χ0) is 49.9. The lowest BCUT2D eigenvalue weighted by Crippen LogP contribution is -2.26. The van der Waals surface area contributed by atoms with Crippen LogP contribution in [0.25, 0.3) is 104 Å². The molecule has 2 aliphatic rings. The molecule has 0 aliphatic carbocycles. The zero-order valence-electron chi connectivity index (χ0n) is 41.9. The third-order valence-corrected chi connectivity index (χ3v) is 15.7. The number of benzene rings is 10. The van der Waals surface area contributed by atoms with Crippen molar-refractivity contribution in [3.05, 3.63) is 242 Å². The molecular formula is C70H50N4O. The van der Waals surface area contributed by atoms with Crippen molar-refractivity contribution in [2.45, 2.75) is 26.2 Å². The van der Waals surface area contributed by atoms with Crippen LogP contribution in [-0.4, -0.2) is 16.1 Å². The van der Waals surface area contributed by atoms with E-state index in [4.69, 9.17) is 9.72 Å². The lowest BCUT2D eigenvalue weighted by atomic mass is 9.83. The summed E-state index contributed by atoms with van der Waals surface area (Å²) in [6.07, 6.45) is 1.91. The van der Waals surface area contributed by atoms with Crippen molar-refractivity contribution in [1.29, 1.82) is 0 Å². The van der Waals surface area contributed by atoms with Crippen LogP contribution in [-0.2, 0) is 5.41 Å². The van der Waals surface area contributed by atoms with E-state index < -0.39 is 0 Å². The second-order valence-electron chi connectivity index (χ2n) is 21.0. The number of ether oxygens (including phenoxy) is 1. The molecule has 0 atom stereocenters. The van der Waals surface area contributed by atoms with Gasteiger partial charge in [0.1, 0.15) is 23.8 Å². The fraction of sp³-hybridized carbons (Fsp3) is 0.0714. The van der Waals surface area contributed by atoms with E-state index in [2.05, 4.69) is 265 Å². The average Bonchev–Trinajstić information content (AvgIpc) is 4.08. The predicted molar refractivity (Wildman–Crippen MR) is 314 cm³/mol. The molecule has 0 saturated heterocycles. The minimum absolute atomic E-state index is 0.171. The molecule has 0 N–H and O–H groups in total. The SMILES string of the molecule is CC(C)(C)c1ccc2c3c1N(c1c(-c4ccccc4)cccc1-c1ccccc1)CN3c1cc(Oc3ccc4c5cccc6c7ccccc7c7ccccc7c7cccnc7n(c4c3)c65)ccc1-c1ccccc1-2. The van der Waals surface area contributed by atoms with Gasteiger partial charge in [-0.25, -0.2) is 4.98 Å². The van der Waals surface area contributed by atoms with E-state index in [0.29, 0.717) is 6.67 Å². The summed E-state index contributed by atoms with van der Waals surface area (Å²) in [5.41, 5.74) is 18.4. The van der Waals surface area contributed by atoms with Gasteiger partial charge in [-0.2, -0.15) is 0 Å². The summed E-state index contributed by atoms with van der Waals surface area (Å²) in [6.45, 7) is 7.62. The first-order chi connectivity index (χ1) is 36.9. The molecule has 5 nitrogen and oxygen atoms in total. The predicted octanol–water partition coefficient (Wildman–Crippen LogP) is 19.0. The highest BCUT2D eigenvalue weighted by atomic mass is 16.5. The van der Waals surface area contributed by atoms with Crippen LogP contribution in [0.1, 0.15) is 26.3 Å². The second-order valence-corrected chi connectivity index (χ2v) is 21.0. The Labute approximate surface area is 435 Å². The molecule has 13 aromatic rings. The first-order valence-electron chi connectivity index (χ1n) is 26.0. The van der Waals surface area contributed by atoms with Crippen LogP contribution in [0.2, 0.25) is 0 Å². The third kappa shape index (κ3) is 6.60. The van der Waals surface area contributed by atoms with Gasteiger partial charge in [-0.15, -0.1) is 0 Å². The first kappa shape index (κ1) is 43.2. The number of pyridine rings is 1. The van der Waals surface area contributed by atoms with Crippen molar-refractivity contribution >= 4 is 82.5 Å². The van der Waals surface area contributed by atoms with Gasteiger partial charge in [0, 0.05) is 62.1 Å². The highest BCUT2D eigenvalue weighted by Gasteiger charge is 2.40. The Morgan fingerprint density at radius 2 is 0.907 bits per heavy atom. The van der Waals surface area contributed by atoms with Crippen molar-refractivity contribution in [1.82, 2.24) is 9.38 Å². The molecule has 15 rings (SSSR count). The number of para-hydroxylation sites is 2. The maximum Gasteiger partial charge on any atom is 0.145 e. The minimum atomic E-state index is -0.171. The largest absolute Gasteiger partial charge is 0.457 e. The first-order valence-corrected chi connectivity index (χ1v) is 26.0. The molecule has 0 amide bonds. The van der Waals surface area contributed by atoms with Crippen molar-refractivity contribution in [3.8, 4) is 56.0 Å². The van der Waals surface area contributed by atoms with Gasteiger partial charge in [-0.3, -0.25) is 4.40 Å². The Morgan fingerprint density at radius 3 is 1.59 bits per heavy atom. The van der Waals surface area contributed by atoms with Gasteiger partial charge in [0.15, 0.2) is 0 Å². The highest BCUT2D eigenvalue weighted by Crippen LogP contribution is 2.60. The van der Waals surface area contributed by atoms with Crippen LogP contribution in [0.3, 0.4) is 0 Å².